The minimum Gasteiger partial charge on any atom is -0.494 e. The Hall–Kier alpha value is -3.81. The van der Waals surface area contributed by atoms with E-state index in [1.165, 1.54) is 4.90 Å². The third-order valence-electron chi connectivity index (χ3n) is 5.49. The van der Waals surface area contributed by atoms with Crippen LogP contribution >= 0.6 is 0 Å². The molecule has 0 saturated carbocycles. The Morgan fingerprint density at radius 2 is 2.00 bits per heavy atom. The number of esters is 1. The van der Waals surface area contributed by atoms with Crippen LogP contribution < -0.4 is 15.4 Å². The van der Waals surface area contributed by atoms with Crippen LogP contribution in [0.15, 0.2) is 53.7 Å². The molecule has 3 amide bonds. The molecule has 0 saturated heterocycles. The lowest BCUT2D eigenvalue weighted by atomic mass is 9.95. The highest BCUT2D eigenvalue weighted by atomic mass is 16.5. The number of carbonyl (C=O) groups excluding carboxylic acids is 3. The van der Waals surface area contributed by atoms with Crippen LogP contribution in [0.3, 0.4) is 0 Å². The van der Waals surface area contributed by atoms with Crippen molar-refractivity contribution in [2.45, 2.75) is 26.8 Å². The fraction of sp³-hybridized carbons (Fsp3) is 0.292. The van der Waals surface area contributed by atoms with Gasteiger partial charge in [0, 0.05) is 11.3 Å². The van der Waals surface area contributed by atoms with Gasteiger partial charge in [-0.1, -0.05) is 35.9 Å². The molecular weight excluding hydrogens is 410 g/mol. The average Bonchev–Trinajstić information content (AvgIpc) is 3.14. The number of rotatable bonds is 6. The average molecular weight is 435 g/mol. The van der Waals surface area contributed by atoms with Crippen LogP contribution in [0.1, 0.15) is 29.7 Å². The van der Waals surface area contributed by atoms with Crippen LogP contribution in [0.2, 0.25) is 0 Å². The molecule has 0 spiro atoms. The molecule has 0 unspecified atom stereocenters. The Labute approximate surface area is 186 Å². The maximum absolute atomic E-state index is 13.0. The van der Waals surface area contributed by atoms with E-state index in [9.17, 15) is 14.4 Å². The fourth-order valence-corrected chi connectivity index (χ4v) is 4.00. The number of benzene rings is 2. The monoisotopic (exact) mass is 435 g/mol. The number of nitrogens with zero attached hydrogens (tertiary/aromatic N) is 1. The molecule has 0 bridgehead atoms. The van der Waals surface area contributed by atoms with Crippen molar-refractivity contribution in [3.05, 3.63) is 70.4 Å². The molecule has 4 rings (SSSR count). The number of carbonyl (C=O) groups is 3. The van der Waals surface area contributed by atoms with Gasteiger partial charge in [-0.3, -0.25) is 9.69 Å². The van der Waals surface area contributed by atoms with E-state index in [1.807, 2.05) is 51.1 Å². The number of para-hydroxylation sites is 1. The summed E-state index contributed by atoms with van der Waals surface area (Å²) in [6.07, 6.45) is 0. The lowest BCUT2D eigenvalue weighted by Crippen LogP contribution is -2.49. The molecule has 2 aliphatic rings. The molecule has 2 N–H and O–H groups in total. The molecule has 2 heterocycles. The number of ether oxygens (including phenoxy) is 2. The van der Waals surface area contributed by atoms with E-state index >= 15 is 0 Å². The SMILES string of the molecule is CCOc1ccccc1[C@@H]1NC(=O)N(CC(=O)Nc2ccc(C)cc2C)C2=C1C(=O)OC2. The van der Waals surface area contributed by atoms with Gasteiger partial charge in [0.05, 0.1) is 23.9 Å². The number of amides is 3. The predicted octanol–water partition coefficient (Wildman–Crippen LogP) is 3.22. The molecule has 2 aromatic rings. The summed E-state index contributed by atoms with van der Waals surface area (Å²) in [6.45, 7) is 5.88. The summed E-state index contributed by atoms with van der Waals surface area (Å²) in [7, 11) is 0. The molecule has 32 heavy (non-hydrogen) atoms. The number of nitrogens with one attached hydrogen (secondary N) is 2. The summed E-state index contributed by atoms with van der Waals surface area (Å²) < 4.78 is 10.9. The summed E-state index contributed by atoms with van der Waals surface area (Å²) in [6, 6.07) is 11.7. The van der Waals surface area contributed by atoms with Crippen LogP contribution in [-0.2, 0) is 14.3 Å². The van der Waals surface area contributed by atoms with Gasteiger partial charge in [-0.15, -0.1) is 0 Å². The summed E-state index contributed by atoms with van der Waals surface area (Å²) >= 11 is 0. The van der Waals surface area contributed by atoms with Crippen molar-refractivity contribution in [1.82, 2.24) is 10.2 Å². The topological polar surface area (TPSA) is 97.0 Å². The zero-order chi connectivity index (χ0) is 22.8. The summed E-state index contributed by atoms with van der Waals surface area (Å²) in [5, 5.41) is 5.68. The van der Waals surface area contributed by atoms with Gasteiger partial charge in [0.25, 0.3) is 0 Å². The van der Waals surface area contributed by atoms with Crippen molar-refractivity contribution in [2.75, 3.05) is 25.1 Å². The first kappa shape index (κ1) is 21.4. The quantitative estimate of drug-likeness (QED) is 0.679. The molecule has 8 nitrogen and oxygen atoms in total. The lowest BCUT2D eigenvalue weighted by molar-refractivity contribution is -0.136. The van der Waals surface area contributed by atoms with E-state index in [0.29, 0.717) is 34.9 Å². The third-order valence-corrected chi connectivity index (χ3v) is 5.49. The van der Waals surface area contributed by atoms with Crippen molar-refractivity contribution < 1.29 is 23.9 Å². The van der Waals surface area contributed by atoms with E-state index in [4.69, 9.17) is 9.47 Å². The third kappa shape index (κ3) is 4.03. The summed E-state index contributed by atoms with van der Waals surface area (Å²) in [4.78, 5) is 39.5. The van der Waals surface area contributed by atoms with Crippen LogP contribution in [0.25, 0.3) is 0 Å². The molecule has 166 valence electrons. The first-order valence-electron chi connectivity index (χ1n) is 10.5. The molecule has 0 aliphatic carbocycles. The summed E-state index contributed by atoms with van der Waals surface area (Å²) in [5.41, 5.74) is 4.06. The minimum absolute atomic E-state index is 0.0638. The Bertz CT molecular complexity index is 1120. The van der Waals surface area contributed by atoms with Crippen LogP contribution in [0.4, 0.5) is 10.5 Å². The number of hydrogen-bond donors (Lipinski definition) is 2. The Kier molecular flexibility index (Phi) is 5.85. The highest BCUT2D eigenvalue weighted by Gasteiger charge is 2.43. The highest BCUT2D eigenvalue weighted by Crippen LogP contribution is 2.38. The van der Waals surface area contributed by atoms with E-state index < -0.39 is 18.0 Å². The zero-order valence-electron chi connectivity index (χ0n) is 18.2. The molecule has 2 aliphatic heterocycles. The highest BCUT2D eigenvalue weighted by molar-refractivity contribution is 6.00. The van der Waals surface area contributed by atoms with Crippen molar-refractivity contribution >= 4 is 23.6 Å². The van der Waals surface area contributed by atoms with E-state index in [0.717, 1.165) is 11.1 Å². The van der Waals surface area contributed by atoms with Gasteiger partial charge in [-0.05, 0) is 38.5 Å². The number of aryl methyl sites for hydroxylation is 2. The normalized spacial score (nSPS) is 17.6. The molecule has 0 radical (unpaired) electrons. The van der Waals surface area contributed by atoms with Gasteiger partial charge in [-0.25, -0.2) is 9.59 Å². The predicted molar refractivity (Wildman–Crippen MR) is 118 cm³/mol. The van der Waals surface area contributed by atoms with Gasteiger partial charge < -0.3 is 20.1 Å². The molecular formula is C24H25N3O5. The summed E-state index contributed by atoms with van der Waals surface area (Å²) in [5.74, 6) is -0.310. The second-order valence-corrected chi connectivity index (χ2v) is 7.74. The van der Waals surface area contributed by atoms with Gasteiger partial charge in [0.2, 0.25) is 5.91 Å². The molecule has 0 fully saturated rings. The van der Waals surface area contributed by atoms with E-state index in [2.05, 4.69) is 10.6 Å². The molecule has 8 heteroatoms. The lowest BCUT2D eigenvalue weighted by Gasteiger charge is -2.33. The maximum atomic E-state index is 13.0. The van der Waals surface area contributed by atoms with E-state index in [1.54, 1.807) is 12.1 Å². The van der Waals surface area contributed by atoms with Gasteiger partial charge >= 0.3 is 12.0 Å². The van der Waals surface area contributed by atoms with E-state index in [-0.39, 0.29) is 19.1 Å². The smallest absolute Gasteiger partial charge is 0.338 e. The van der Waals surface area contributed by atoms with Crippen molar-refractivity contribution in [2.24, 2.45) is 0 Å². The molecule has 1 atom stereocenters. The maximum Gasteiger partial charge on any atom is 0.338 e. The number of urea groups is 1. The zero-order valence-corrected chi connectivity index (χ0v) is 18.2. The first-order chi connectivity index (χ1) is 15.4. The Morgan fingerprint density at radius 3 is 2.75 bits per heavy atom. The van der Waals surface area contributed by atoms with Gasteiger partial charge in [0.15, 0.2) is 0 Å². The Balaban J connectivity index is 1.61. The Morgan fingerprint density at radius 1 is 1.22 bits per heavy atom. The van der Waals surface area contributed by atoms with Crippen LogP contribution in [0, 0.1) is 13.8 Å². The first-order valence-corrected chi connectivity index (χ1v) is 10.5. The van der Waals surface area contributed by atoms with Crippen LogP contribution in [0.5, 0.6) is 5.75 Å². The number of hydrogen-bond acceptors (Lipinski definition) is 5. The molecule has 2 aromatic carbocycles. The minimum atomic E-state index is -0.714. The van der Waals surface area contributed by atoms with Gasteiger partial charge in [0.1, 0.15) is 18.9 Å². The second kappa shape index (κ2) is 8.74. The molecule has 0 aromatic heterocycles. The number of cyclic esters (lactones) is 1. The van der Waals surface area contributed by atoms with Gasteiger partial charge in [-0.2, -0.15) is 0 Å². The van der Waals surface area contributed by atoms with Crippen molar-refractivity contribution in [3.63, 3.8) is 0 Å². The number of anilines is 1. The largest absolute Gasteiger partial charge is 0.494 e. The van der Waals surface area contributed by atoms with Crippen molar-refractivity contribution in [3.8, 4) is 5.75 Å². The van der Waals surface area contributed by atoms with Crippen molar-refractivity contribution in [1.29, 1.82) is 0 Å². The second-order valence-electron chi connectivity index (χ2n) is 7.74. The fourth-order valence-electron chi connectivity index (χ4n) is 4.00. The standard InChI is InChI=1S/C24H25N3O5/c1-4-31-19-8-6-5-7-16(19)22-21-18(13-32-23(21)29)27(24(30)26-22)12-20(28)25-17-10-9-14(2)11-15(17)3/h5-11,22H,4,12-13H2,1-3H3,(H,25,28)(H,26,30)/t22-/m0/s1. The van der Waals surface area contributed by atoms with Crippen LogP contribution in [-0.4, -0.2) is 42.6 Å².